The lowest BCUT2D eigenvalue weighted by Gasteiger charge is -2.23. The van der Waals surface area contributed by atoms with Gasteiger partial charge in [-0.2, -0.15) is 0 Å². The maximum atomic E-state index is 13.2. The topological polar surface area (TPSA) is 82.6 Å². The van der Waals surface area contributed by atoms with Crippen LogP contribution in [-0.2, 0) is 21.2 Å². The van der Waals surface area contributed by atoms with Crippen LogP contribution in [0, 0.1) is 5.92 Å². The molecule has 3 aromatic rings. The van der Waals surface area contributed by atoms with Crippen molar-refractivity contribution in [3.05, 3.63) is 64.6 Å². The van der Waals surface area contributed by atoms with Crippen molar-refractivity contribution in [2.24, 2.45) is 5.92 Å². The molecule has 1 unspecified atom stereocenters. The number of halogens is 1. The molecule has 2 aromatic carbocycles. The monoisotopic (exact) mass is 488 g/mol. The fraction of sp³-hybridized carbons (Fsp3) is 0.273. The average Bonchev–Trinajstić information content (AvgIpc) is 3.54. The smallest absolute Gasteiger partial charge is 0.263 e. The summed E-state index contributed by atoms with van der Waals surface area (Å²) in [5, 5.41) is 2.74. The lowest BCUT2D eigenvalue weighted by molar-refractivity contribution is -0.121. The number of nitrogens with one attached hydrogen (secondary N) is 1. The molecule has 0 spiro atoms. The summed E-state index contributed by atoms with van der Waals surface area (Å²) in [7, 11) is -3.68. The number of rotatable bonds is 5. The molecular weight excluding hydrogens is 468 g/mol. The van der Waals surface area contributed by atoms with E-state index in [1.165, 1.54) is 11.3 Å². The van der Waals surface area contributed by atoms with Crippen molar-refractivity contribution >= 4 is 55.4 Å². The first-order valence-electron chi connectivity index (χ1n) is 10.3. The third kappa shape index (κ3) is 4.07. The number of hydrogen-bond donors (Lipinski definition) is 1. The Labute approximate surface area is 195 Å². The molecule has 0 aliphatic carbocycles. The van der Waals surface area contributed by atoms with E-state index in [2.05, 4.69) is 14.6 Å². The zero-order valence-electron chi connectivity index (χ0n) is 17.1. The van der Waals surface area contributed by atoms with Gasteiger partial charge in [-0.3, -0.25) is 9.52 Å². The van der Waals surface area contributed by atoms with Crippen LogP contribution in [0.2, 0.25) is 5.02 Å². The van der Waals surface area contributed by atoms with E-state index in [0.717, 1.165) is 36.3 Å². The van der Waals surface area contributed by atoms with Gasteiger partial charge in [-0.05, 0) is 60.9 Å². The Morgan fingerprint density at radius 2 is 1.97 bits per heavy atom. The number of carbonyl (C=O) groups is 1. The SMILES string of the molecule is O=C(C1CCN(c2ccc(S(=O)(=O)Nc3nccs3)cc2)C1)N1CCc2cc(Cl)ccc21. The highest BCUT2D eigenvalue weighted by molar-refractivity contribution is 7.93. The van der Waals surface area contributed by atoms with Gasteiger partial charge in [-0.15, -0.1) is 11.3 Å². The van der Waals surface area contributed by atoms with Crippen molar-refractivity contribution in [3.8, 4) is 0 Å². The fourth-order valence-corrected chi connectivity index (χ4v) is 6.28. The molecule has 1 fully saturated rings. The number of carbonyl (C=O) groups excluding carboxylic acids is 1. The second kappa shape index (κ2) is 8.38. The van der Waals surface area contributed by atoms with Gasteiger partial charge in [0.05, 0.1) is 10.8 Å². The molecule has 1 saturated heterocycles. The van der Waals surface area contributed by atoms with Gasteiger partial charge < -0.3 is 9.80 Å². The molecule has 5 rings (SSSR count). The first-order valence-corrected chi connectivity index (χ1v) is 13.0. The maximum absolute atomic E-state index is 13.2. The molecule has 32 heavy (non-hydrogen) atoms. The highest BCUT2D eigenvalue weighted by atomic mass is 35.5. The Kier molecular flexibility index (Phi) is 5.56. The minimum Gasteiger partial charge on any atom is -0.371 e. The number of nitrogens with zero attached hydrogens (tertiary/aromatic N) is 3. The highest BCUT2D eigenvalue weighted by Crippen LogP contribution is 2.34. The molecule has 0 bridgehead atoms. The van der Waals surface area contributed by atoms with Crippen molar-refractivity contribution in [3.63, 3.8) is 0 Å². The first-order chi connectivity index (χ1) is 15.4. The first kappa shape index (κ1) is 21.2. The van der Waals surface area contributed by atoms with Gasteiger partial charge in [0.1, 0.15) is 0 Å². The Balaban J connectivity index is 1.25. The Hall–Kier alpha value is -2.62. The summed E-state index contributed by atoms with van der Waals surface area (Å²) >= 11 is 7.31. The lowest BCUT2D eigenvalue weighted by atomic mass is 10.1. The van der Waals surface area contributed by atoms with E-state index in [-0.39, 0.29) is 16.7 Å². The standard InChI is InChI=1S/C22H21ClN4O3S2/c23-17-1-6-20-15(13-17)8-11-27(20)21(28)16-7-10-26(14-16)18-2-4-19(5-3-18)32(29,30)25-22-24-9-12-31-22/h1-6,9,12-13,16H,7-8,10-11,14H2,(H,24,25). The molecule has 2 aliphatic rings. The molecule has 166 valence electrons. The number of benzene rings is 2. The number of aromatic nitrogens is 1. The van der Waals surface area contributed by atoms with Crippen molar-refractivity contribution in [2.45, 2.75) is 17.7 Å². The summed E-state index contributed by atoms with van der Waals surface area (Å²) < 4.78 is 27.5. The normalized spacial score (nSPS) is 18.1. The molecular formula is C22H21ClN4O3S2. The zero-order chi connectivity index (χ0) is 22.3. The summed E-state index contributed by atoms with van der Waals surface area (Å²) in [4.78, 5) is 21.3. The van der Waals surface area contributed by atoms with Crippen LogP contribution < -0.4 is 14.5 Å². The Bertz CT molecular complexity index is 1250. The molecule has 7 nitrogen and oxygen atoms in total. The largest absolute Gasteiger partial charge is 0.371 e. The summed E-state index contributed by atoms with van der Waals surface area (Å²) in [6, 6.07) is 12.4. The molecule has 2 aliphatic heterocycles. The number of sulfonamides is 1. The summed E-state index contributed by atoms with van der Waals surface area (Å²) in [5.74, 6) is 0.0482. The second-order valence-electron chi connectivity index (χ2n) is 7.88. The van der Waals surface area contributed by atoms with Gasteiger partial charge in [0.25, 0.3) is 10.0 Å². The Morgan fingerprint density at radius 1 is 1.16 bits per heavy atom. The van der Waals surface area contributed by atoms with Crippen molar-refractivity contribution in [2.75, 3.05) is 34.2 Å². The van der Waals surface area contributed by atoms with Gasteiger partial charge in [0.15, 0.2) is 5.13 Å². The maximum Gasteiger partial charge on any atom is 0.263 e. The predicted octanol–water partition coefficient (Wildman–Crippen LogP) is 4.01. The molecule has 3 heterocycles. The van der Waals surface area contributed by atoms with Crippen LogP contribution in [0.1, 0.15) is 12.0 Å². The van der Waals surface area contributed by atoms with E-state index in [4.69, 9.17) is 11.6 Å². The van der Waals surface area contributed by atoms with Crippen LogP contribution in [0.15, 0.2) is 58.9 Å². The van der Waals surface area contributed by atoms with Crippen LogP contribution in [0.3, 0.4) is 0 Å². The van der Waals surface area contributed by atoms with Crippen LogP contribution in [0.25, 0.3) is 0 Å². The van der Waals surface area contributed by atoms with Crippen LogP contribution >= 0.6 is 22.9 Å². The molecule has 1 amide bonds. The van der Waals surface area contributed by atoms with E-state index in [1.54, 1.807) is 35.8 Å². The van der Waals surface area contributed by atoms with Gasteiger partial charge in [0.2, 0.25) is 5.91 Å². The number of anilines is 3. The van der Waals surface area contributed by atoms with E-state index >= 15 is 0 Å². The number of hydrogen-bond acceptors (Lipinski definition) is 6. The van der Waals surface area contributed by atoms with Crippen molar-refractivity contribution in [1.29, 1.82) is 0 Å². The molecule has 1 atom stereocenters. The molecule has 1 aromatic heterocycles. The van der Waals surface area contributed by atoms with Gasteiger partial charge in [0, 0.05) is 47.6 Å². The third-order valence-corrected chi connectivity index (χ3v) is 8.31. The van der Waals surface area contributed by atoms with E-state index < -0.39 is 10.0 Å². The molecule has 10 heteroatoms. The van der Waals surface area contributed by atoms with Crippen LogP contribution in [0.5, 0.6) is 0 Å². The minimum absolute atomic E-state index is 0.0911. The predicted molar refractivity (Wildman–Crippen MR) is 127 cm³/mol. The van der Waals surface area contributed by atoms with Gasteiger partial charge in [-0.25, -0.2) is 13.4 Å². The molecule has 0 radical (unpaired) electrons. The van der Waals surface area contributed by atoms with E-state index in [9.17, 15) is 13.2 Å². The third-order valence-electron chi connectivity index (χ3n) is 5.91. The van der Waals surface area contributed by atoms with Gasteiger partial charge in [-0.1, -0.05) is 11.6 Å². The average molecular weight is 489 g/mol. The van der Waals surface area contributed by atoms with E-state index in [0.29, 0.717) is 23.2 Å². The second-order valence-corrected chi connectivity index (χ2v) is 10.9. The van der Waals surface area contributed by atoms with Crippen molar-refractivity contribution in [1.82, 2.24) is 4.98 Å². The van der Waals surface area contributed by atoms with Crippen molar-refractivity contribution < 1.29 is 13.2 Å². The minimum atomic E-state index is -3.68. The quantitative estimate of drug-likeness (QED) is 0.586. The van der Waals surface area contributed by atoms with Gasteiger partial charge >= 0.3 is 0 Å². The highest BCUT2D eigenvalue weighted by Gasteiger charge is 2.34. The van der Waals surface area contributed by atoms with Crippen LogP contribution in [-0.4, -0.2) is 38.9 Å². The van der Waals surface area contributed by atoms with Crippen LogP contribution in [0.4, 0.5) is 16.5 Å². The summed E-state index contributed by atoms with van der Waals surface area (Å²) in [6.45, 7) is 2.05. The zero-order valence-corrected chi connectivity index (χ0v) is 19.5. The molecule has 1 N–H and O–H groups in total. The number of fused-ring (bicyclic) bond motifs is 1. The number of thiazole rings is 1. The lowest BCUT2D eigenvalue weighted by Crippen LogP contribution is -2.36. The fourth-order valence-electron chi connectivity index (χ4n) is 4.30. The Morgan fingerprint density at radius 3 is 2.72 bits per heavy atom. The summed E-state index contributed by atoms with van der Waals surface area (Å²) in [5.41, 5.74) is 2.98. The molecule has 0 saturated carbocycles. The summed E-state index contributed by atoms with van der Waals surface area (Å²) in [6.07, 6.45) is 3.14. The number of amides is 1. The van der Waals surface area contributed by atoms with E-state index in [1.807, 2.05) is 23.1 Å².